The number of thiophene rings is 1. The second-order valence-corrected chi connectivity index (χ2v) is 5.77. The van der Waals surface area contributed by atoms with Crippen molar-refractivity contribution >= 4 is 11.3 Å². The van der Waals surface area contributed by atoms with Crippen molar-refractivity contribution in [1.29, 1.82) is 0 Å². The lowest BCUT2D eigenvalue weighted by molar-refractivity contribution is 0.351. The molecule has 1 aromatic heterocycles. The smallest absolute Gasteiger partial charge is 0.0302 e. The summed E-state index contributed by atoms with van der Waals surface area (Å²) in [5.74, 6) is 2.06. The first-order valence-electron chi connectivity index (χ1n) is 5.67. The van der Waals surface area contributed by atoms with Crippen molar-refractivity contribution in [3.8, 4) is 0 Å². The summed E-state index contributed by atoms with van der Waals surface area (Å²) < 4.78 is 0. The van der Waals surface area contributed by atoms with Gasteiger partial charge in [0.05, 0.1) is 0 Å². The van der Waals surface area contributed by atoms with E-state index < -0.39 is 0 Å². The third kappa shape index (κ3) is 1.61. The molecule has 76 valence electrons. The maximum Gasteiger partial charge on any atom is 0.0302 e. The number of fused-ring (bicyclic) bond motifs is 2. The third-order valence-electron chi connectivity index (χ3n) is 3.86. The molecule has 1 N–H and O–H groups in total. The Hall–Kier alpha value is -0.340. The van der Waals surface area contributed by atoms with Crippen LogP contribution >= 0.6 is 11.3 Å². The van der Waals surface area contributed by atoms with Gasteiger partial charge in [-0.3, -0.25) is 0 Å². The maximum atomic E-state index is 3.73. The largest absolute Gasteiger partial charge is 0.309 e. The first kappa shape index (κ1) is 8.93. The van der Waals surface area contributed by atoms with E-state index in [1.54, 1.807) is 0 Å². The molecule has 2 fully saturated rings. The molecule has 3 unspecified atom stereocenters. The molecule has 0 aliphatic heterocycles. The van der Waals surface area contributed by atoms with Crippen LogP contribution < -0.4 is 5.32 Å². The van der Waals surface area contributed by atoms with Crippen LogP contribution in [0, 0.1) is 11.8 Å². The number of hydrogen-bond acceptors (Lipinski definition) is 2. The Morgan fingerprint density at radius 2 is 2.36 bits per heavy atom. The zero-order chi connectivity index (χ0) is 9.38. The Kier molecular flexibility index (Phi) is 2.34. The molecule has 2 saturated carbocycles. The molecule has 2 aliphatic carbocycles. The lowest BCUT2D eigenvalue weighted by Gasteiger charge is -2.22. The van der Waals surface area contributed by atoms with Gasteiger partial charge in [0, 0.05) is 17.5 Å². The van der Waals surface area contributed by atoms with E-state index in [1.165, 1.54) is 30.6 Å². The van der Waals surface area contributed by atoms with Crippen LogP contribution in [0.25, 0.3) is 0 Å². The predicted octanol–water partition coefficient (Wildman–Crippen LogP) is 3.03. The molecule has 0 spiro atoms. The van der Waals surface area contributed by atoms with Crippen molar-refractivity contribution in [1.82, 2.24) is 5.32 Å². The van der Waals surface area contributed by atoms with E-state index in [2.05, 4.69) is 22.8 Å². The maximum absolute atomic E-state index is 3.73. The topological polar surface area (TPSA) is 12.0 Å². The lowest BCUT2D eigenvalue weighted by Crippen LogP contribution is -2.33. The molecule has 14 heavy (non-hydrogen) atoms. The van der Waals surface area contributed by atoms with Gasteiger partial charge in [0.25, 0.3) is 0 Å². The molecule has 1 heterocycles. The van der Waals surface area contributed by atoms with Crippen LogP contribution in [0.15, 0.2) is 17.5 Å². The van der Waals surface area contributed by atoms with Gasteiger partial charge in [-0.05, 0) is 42.5 Å². The summed E-state index contributed by atoms with van der Waals surface area (Å²) in [5.41, 5.74) is 0. The van der Waals surface area contributed by atoms with Crippen LogP contribution in [-0.2, 0) is 6.54 Å². The molecule has 2 heteroatoms. The lowest BCUT2D eigenvalue weighted by atomic mass is 9.95. The second kappa shape index (κ2) is 3.67. The van der Waals surface area contributed by atoms with Gasteiger partial charge in [-0.2, -0.15) is 0 Å². The van der Waals surface area contributed by atoms with Gasteiger partial charge >= 0.3 is 0 Å². The summed E-state index contributed by atoms with van der Waals surface area (Å²) >= 11 is 1.86. The van der Waals surface area contributed by atoms with Crippen molar-refractivity contribution in [2.45, 2.75) is 38.3 Å². The summed E-state index contributed by atoms with van der Waals surface area (Å²) in [6.07, 6.45) is 5.92. The Bertz CT molecular complexity index is 293. The average Bonchev–Trinajstić information content (AvgIpc) is 2.91. The molecular weight excluding hydrogens is 190 g/mol. The standard InChI is InChI=1S/C12H17NS/c1-2-11(14-5-1)8-13-12-7-9-3-4-10(12)6-9/h1-2,5,9-10,12-13H,3-4,6-8H2. The van der Waals surface area contributed by atoms with Gasteiger partial charge < -0.3 is 5.32 Å². The van der Waals surface area contributed by atoms with Crippen LogP contribution in [0.2, 0.25) is 0 Å². The van der Waals surface area contributed by atoms with Crippen LogP contribution in [0.1, 0.15) is 30.6 Å². The van der Waals surface area contributed by atoms with Crippen LogP contribution in [0.4, 0.5) is 0 Å². The molecular formula is C12H17NS. The van der Waals surface area contributed by atoms with Crippen LogP contribution in [0.3, 0.4) is 0 Å². The highest BCUT2D eigenvalue weighted by molar-refractivity contribution is 7.09. The fourth-order valence-corrected chi connectivity index (χ4v) is 3.80. The Balaban J connectivity index is 1.54. The minimum atomic E-state index is 0.829. The second-order valence-electron chi connectivity index (χ2n) is 4.74. The Morgan fingerprint density at radius 1 is 1.36 bits per heavy atom. The molecule has 3 atom stereocenters. The van der Waals surface area contributed by atoms with Crippen molar-refractivity contribution < 1.29 is 0 Å². The van der Waals surface area contributed by atoms with Crippen molar-refractivity contribution in [3.05, 3.63) is 22.4 Å². The van der Waals surface area contributed by atoms with E-state index >= 15 is 0 Å². The molecule has 0 radical (unpaired) electrons. The monoisotopic (exact) mass is 207 g/mol. The average molecular weight is 207 g/mol. The first-order chi connectivity index (χ1) is 6.92. The fourth-order valence-electron chi connectivity index (χ4n) is 3.14. The summed E-state index contributed by atoms with van der Waals surface area (Å²) in [6, 6.07) is 5.20. The van der Waals surface area contributed by atoms with Crippen molar-refractivity contribution in [2.24, 2.45) is 11.8 Å². The Morgan fingerprint density at radius 3 is 3.00 bits per heavy atom. The zero-order valence-corrected chi connectivity index (χ0v) is 9.22. The quantitative estimate of drug-likeness (QED) is 0.803. The van der Waals surface area contributed by atoms with Crippen LogP contribution in [-0.4, -0.2) is 6.04 Å². The van der Waals surface area contributed by atoms with E-state index in [4.69, 9.17) is 0 Å². The van der Waals surface area contributed by atoms with E-state index in [9.17, 15) is 0 Å². The van der Waals surface area contributed by atoms with Crippen LogP contribution in [0.5, 0.6) is 0 Å². The Labute approximate surface area is 89.5 Å². The van der Waals surface area contributed by atoms with Gasteiger partial charge in [-0.15, -0.1) is 11.3 Å². The normalized spacial score (nSPS) is 35.3. The van der Waals surface area contributed by atoms with Gasteiger partial charge in [0.2, 0.25) is 0 Å². The van der Waals surface area contributed by atoms with Gasteiger partial charge in [-0.1, -0.05) is 12.5 Å². The molecule has 0 aromatic carbocycles. The van der Waals surface area contributed by atoms with E-state index in [-0.39, 0.29) is 0 Å². The molecule has 0 amide bonds. The molecule has 1 aromatic rings. The summed E-state index contributed by atoms with van der Waals surface area (Å²) in [6.45, 7) is 1.09. The third-order valence-corrected chi connectivity index (χ3v) is 4.73. The fraction of sp³-hybridized carbons (Fsp3) is 0.667. The SMILES string of the molecule is c1csc(CNC2CC3CCC2C3)c1. The molecule has 2 aliphatic rings. The minimum Gasteiger partial charge on any atom is -0.309 e. The summed E-state index contributed by atoms with van der Waals surface area (Å²) in [4.78, 5) is 1.48. The highest BCUT2D eigenvalue weighted by Gasteiger charge is 2.38. The van der Waals surface area contributed by atoms with Crippen molar-refractivity contribution in [2.75, 3.05) is 0 Å². The first-order valence-corrected chi connectivity index (χ1v) is 6.55. The van der Waals surface area contributed by atoms with E-state index in [1.807, 2.05) is 11.3 Å². The van der Waals surface area contributed by atoms with Gasteiger partial charge in [-0.25, -0.2) is 0 Å². The molecule has 3 rings (SSSR count). The highest BCUT2D eigenvalue weighted by Crippen LogP contribution is 2.44. The van der Waals surface area contributed by atoms with E-state index in [0.29, 0.717) is 0 Å². The molecule has 2 bridgehead atoms. The molecule has 0 saturated heterocycles. The predicted molar refractivity (Wildman–Crippen MR) is 60.4 cm³/mol. The van der Waals surface area contributed by atoms with E-state index in [0.717, 1.165) is 24.4 Å². The van der Waals surface area contributed by atoms with Crippen molar-refractivity contribution in [3.63, 3.8) is 0 Å². The highest BCUT2D eigenvalue weighted by atomic mass is 32.1. The summed E-state index contributed by atoms with van der Waals surface area (Å²) in [5, 5.41) is 5.89. The number of hydrogen-bond donors (Lipinski definition) is 1. The number of rotatable bonds is 3. The van der Waals surface area contributed by atoms with Gasteiger partial charge in [0.1, 0.15) is 0 Å². The minimum absolute atomic E-state index is 0.829. The zero-order valence-electron chi connectivity index (χ0n) is 8.41. The van der Waals surface area contributed by atoms with Gasteiger partial charge in [0.15, 0.2) is 0 Å². The molecule has 1 nitrogen and oxygen atoms in total. The summed E-state index contributed by atoms with van der Waals surface area (Å²) in [7, 11) is 0. The number of nitrogens with one attached hydrogen (secondary N) is 1.